The van der Waals surface area contributed by atoms with Gasteiger partial charge in [-0.15, -0.1) is 0 Å². The molecular weight excluding hydrogens is 444 g/mol. The number of piperazine rings is 1. The van der Waals surface area contributed by atoms with Crippen LogP contribution in [-0.4, -0.2) is 55.1 Å². The number of oxazole rings is 1. The molecule has 0 aliphatic carbocycles. The van der Waals surface area contributed by atoms with Crippen molar-refractivity contribution in [2.75, 3.05) is 37.3 Å². The molecule has 1 aliphatic heterocycles. The highest BCUT2D eigenvalue weighted by molar-refractivity contribution is 7.88. The van der Waals surface area contributed by atoms with Crippen molar-refractivity contribution in [1.29, 1.82) is 0 Å². The highest BCUT2D eigenvalue weighted by Gasteiger charge is 2.36. The Kier molecular flexibility index (Phi) is 5.04. The van der Waals surface area contributed by atoms with Crippen LogP contribution in [0.4, 0.5) is 23.2 Å². The maximum absolute atomic E-state index is 13.6. The number of alkyl halides is 3. The standard InChI is InChI=1S/C18H16F4N4O4S/c1-31(28,29)26-6-4-25(5-7-26)10-2-3-14-12(8-10)24-17(30-14)13-9-11(18(20,21)22)15(19)16(27)23-13/h2-3,8-9H,4-7H2,1H3,(H,23,27). The second-order valence-electron chi connectivity index (χ2n) is 7.06. The first kappa shape index (κ1) is 21.3. The lowest BCUT2D eigenvalue weighted by atomic mass is 10.2. The number of sulfonamides is 1. The quantitative estimate of drug-likeness (QED) is 0.603. The molecule has 0 saturated carbocycles. The van der Waals surface area contributed by atoms with Crippen LogP contribution in [0, 0.1) is 5.82 Å². The van der Waals surface area contributed by atoms with Gasteiger partial charge in [-0.1, -0.05) is 0 Å². The molecule has 1 saturated heterocycles. The molecule has 4 rings (SSSR count). The summed E-state index contributed by atoms with van der Waals surface area (Å²) < 4.78 is 82.7. The molecule has 0 radical (unpaired) electrons. The molecule has 0 amide bonds. The number of hydrogen-bond donors (Lipinski definition) is 1. The molecule has 1 aliphatic rings. The largest absolute Gasteiger partial charge is 0.435 e. The van der Waals surface area contributed by atoms with E-state index in [1.807, 2.05) is 9.88 Å². The van der Waals surface area contributed by atoms with Crippen LogP contribution in [0.25, 0.3) is 22.7 Å². The number of hydrogen-bond acceptors (Lipinski definition) is 6. The third-order valence-electron chi connectivity index (χ3n) is 4.95. The molecule has 31 heavy (non-hydrogen) atoms. The lowest BCUT2D eigenvalue weighted by molar-refractivity contribution is -0.140. The molecule has 8 nitrogen and oxygen atoms in total. The van der Waals surface area contributed by atoms with E-state index in [1.165, 1.54) is 4.31 Å². The summed E-state index contributed by atoms with van der Waals surface area (Å²) in [7, 11) is -3.27. The Hall–Kier alpha value is -2.93. The lowest BCUT2D eigenvalue weighted by Gasteiger charge is -2.34. The van der Waals surface area contributed by atoms with Crippen LogP contribution >= 0.6 is 0 Å². The number of pyridine rings is 1. The Labute approximate surface area is 173 Å². The van der Waals surface area contributed by atoms with Gasteiger partial charge in [-0.05, 0) is 24.3 Å². The predicted octanol–water partition coefficient (Wildman–Crippen LogP) is 2.42. The summed E-state index contributed by atoms with van der Waals surface area (Å²) in [5.74, 6) is -2.22. The first-order valence-corrected chi connectivity index (χ1v) is 10.9. The fourth-order valence-corrected chi connectivity index (χ4v) is 4.20. The minimum absolute atomic E-state index is 0.257. The minimum Gasteiger partial charge on any atom is -0.435 e. The minimum atomic E-state index is -5.06. The van der Waals surface area contributed by atoms with Crippen molar-refractivity contribution in [3.05, 3.63) is 46.0 Å². The number of aromatic nitrogens is 2. The van der Waals surface area contributed by atoms with Crippen molar-refractivity contribution in [2.45, 2.75) is 6.18 Å². The Balaban J connectivity index is 1.65. The second kappa shape index (κ2) is 7.34. The molecular formula is C18H16F4N4O4S. The monoisotopic (exact) mass is 460 g/mol. The Morgan fingerprint density at radius 3 is 2.42 bits per heavy atom. The number of aromatic amines is 1. The first-order valence-electron chi connectivity index (χ1n) is 9.04. The smallest absolute Gasteiger partial charge is 0.419 e. The number of rotatable bonds is 3. The third kappa shape index (κ3) is 4.14. The molecule has 3 aromatic rings. The number of H-pyrrole nitrogens is 1. The van der Waals surface area contributed by atoms with Crippen LogP contribution in [0.3, 0.4) is 0 Å². The number of nitrogens with zero attached hydrogens (tertiary/aromatic N) is 3. The van der Waals surface area contributed by atoms with Gasteiger partial charge in [0.1, 0.15) is 11.2 Å². The number of benzene rings is 1. The van der Waals surface area contributed by atoms with Crippen molar-refractivity contribution in [2.24, 2.45) is 0 Å². The molecule has 2 aromatic heterocycles. The van der Waals surface area contributed by atoms with Gasteiger partial charge in [-0.25, -0.2) is 17.8 Å². The fourth-order valence-electron chi connectivity index (χ4n) is 3.37. The highest BCUT2D eigenvalue weighted by Crippen LogP contribution is 2.33. The molecule has 0 unspecified atom stereocenters. The molecule has 1 fully saturated rings. The van der Waals surface area contributed by atoms with Gasteiger partial charge in [0.15, 0.2) is 11.4 Å². The first-order chi connectivity index (χ1) is 14.4. The van der Waals surface area contributed by atoms with Crippen LogP contribution in [0.2, 0.25) is 0 Å². The van der Waals surface area contributed by atoms with Crippen LogP contribution < -0.4 is 10.5 Å². The normalized spacial score (nSPS) is 16.2. The molecule has 0 atom stereocenters. The molecule has 1 N–H and O–H groups in total. The zero-order valence-electron chi connectivity index (χ0n) is 16.0. The molecule has 166 valence electrons. The van der Waals surface area contributed by atoms with Crippen LogP contribution in [0.1, 0.15) is 5.56 Å². The summed E-state index contributed by atoms with van der Waals surface area (Å²) >= 11 is 0. The summed E-state index contributed by atoms with van der Waals surface area (Å²) in [6, 6.07) is 5.36. The van der Waals surface area contributed by atoms with Crippen molar-refractivity contribution < 1.29 is 30.4 Å². The van der Waals surface area contributed by atoms with Gasteiger partial charge < -0.3 is 14.3 Å². The summed E-state index contributed by atoms with van der Waals surface area (Å²) in [6.07, 6.45) is -3.91. The van der Waals surface area contributed by atoms with E-state index >= 15 is 0 Å². The number of anilines is 1. The predicted molar refractivity (Wildman–Crippen MR) is 104 cm³/mol. The van der Waals surface area contributed by atoms with Crippen molar-refractivity contribution in [1.82, 2.24) is 14.3 Å². The van der Waals surface area contributed by atoms with Gasteiger partial charge in [0.2, 0.25) is 15.9 Å². The van der Waals surface area contributed by atoms with Gasteiger partial charge >= 0.3 is 6.18 Å². The second-order valence-corrected chi connectivity index (χ2v) is 9.04. The average molecular weight is 460 g/mol. The summed E-state index contributed by atoms with van der Waals surface area (Å²) in [6.45, 7) is 1.53. The summed E-state index contributed by atoms with van der Waals surface area (Å²) in [4.78, 5) is 19.7. The van der Waals surface area contributed by atoms with Crippen LogP contribution in [-0.2, 0) is 16.2 Å². The molecule has 3 heterocycles. The van der Waals surface area contributed by atoms with Crippen LogP contribution in [0.15, 0.2) is 33.5 Å². The van der Waals surface area contributed by atoms with E-state index < -0.39 is 38.8 Å². The van der Waals surface area contributed by atoms with Crippen LogP contribution in [0.5, 0.6) is 0 Å². The van der Waals surface area contributed by atoms with E-state index in [1.54, 1.807) is 18.2 Å². The van der Waals surface area contributed by atoms with Gasteiger partial charge in [0.25, 0.3) is 5.56 Å². The van der Waals surface area contributed by atoms with E-state index in [-0.39, 0.29) is 11.5 Å². The van der Waals surface area contributed by atoms with Crippen molar-refractivity contribution >= 4 is 26.8 Å². The Bertz CT molecular complexity index is 1310. The maximum Gasteiger partial charge on any atom is 0.419 e. The van der Waals surface area contributed by atoms with Crippen molar-refractivity contribution in [3.63, 3.8) is 0 Å². The van der Waals surface area contributed by atoms with E-state index in [4.69, 9.17) is 4.42 Å². The summed E-state index contributed by atoms with van der Waals surface area (Å²) in [5.41, 5.74) is -2.35. The number of nitrogens with one attached hydrogen (secondary N) is 1. The van der Waals surface area contributed by atoms with Crippen molar-refractivity contribution in [3.8, 4) is 11.6 Å². The lowest BCUT2D eigenvalue weighted by Crippen LogP contribution is -2.48. The maximum atomic E-state index is 13.6. The third-order valence-corrected chi connectivity index (χ3v) is 6.26. The fraction of sp³-hybridized carbons (Fsp3) is 0.333. The molecule has 0 spiro atoms. The van der Waals surface area contributed by atoms with E-state index in [0.717, 1.165) is 11.9 Å². The molecule has 0 bridgehead atoms. The van der Waals surface area contributed by atoms with E-state index in [0.29, 0.717) is 37.8 Å². The molecule has 13 heteroatoms. The van der Waals surface area contributed by atoms with Gasteiger partial charge in [-0.2, -0.15) is 17.5 Å². The van der Waals surface area contributed by atoms with E-state index in [9.17, 15) is 30.8 Å². The zero-order valence-corrected chi connectivity index (χ0v) is 16.8. The van der Waals surface area contributed by atoms with E-state index in [2.05, 4.69) is 4.98 Å². The SMILES string of the molecule is CS(=O)(=O)N1CCN(c2ccc3oc(-c4cc(C(F)(F)F)c(F)c(=O)[nH]4)nc3c2)CC1. The number of halogens is 4. The van der Waals surface area contributed by atoms with Gasteiger partial charge in [0, 0.05) is 31.9 Å². The average Bonchev–Trinajstić information content (AvgIpc) is 3.11. The molecule has 1 aromatic carbocycles. The van der Waals surface area contributed by atoms with Gasteiger partial charge in [0.05, 0.1) is 11.8 Å². The Morgan fingerprint density at radius 1 is 1.13 bits per heavy atom. The topological polar surface area (TPSA) is 99.5 Å². The highest BCUT2D eigenvalue weighted by atomic mass is 32.2. The Morgan fingerprint density at radius 2 is 1.81 bits per heavy atom. The number of fused-ring (bicyclic) bond motifs is 1. The zero-order chi connectivity index (χ0) is 22.6. The summed E-state index contributed by atoms with van der Waals surface area (Å²) in [5, 5.41) is 0. The van der Waals surface area contributed by atoms with Gasteiger partial charge in [-0.3, -0.25) is 4.79 Å².